The van der Waals surface area contributed by atoms with Crippen LogP contribution in [-0.4, -0.2) is 25.2 Å². The summed E-state index contributed by atoms with van der Waals surface area (Å²) in [7, 11) is 0. The fraction of sp³-hybridized carbons (Fsp3) is 0.417. The van der Waals surface area contributed by atoms with Crippen LogP contribution in [0.25, 0.3) is 0 Å². The van der Waals surface area contributed by atoms with E-state index in [1.807, 2.05) is 0 Å². The SMILES string of the molecule is O=C(OC1CCNCC1)c1ccc(F)c(F)c1F. The van der Waals surface area contributed by atoms with Crippen LogP contribution in [-0.2, 0) is 4.74 Å². The number of hydrogen-bond donors (Lipinski definition) is 1. The van der Waals surface area contributed by atoms with Gasteiger partial charge in [0.05, 0.1) is 5.56 Å². The van der Waals surface area contributed by atoms with E-state index in [4.69, 9.17) is 4.74 Å². The van der Waals surface area contributed by atoms with Crippen LogP contribution < -0.4 is 5.32 Å². The molecule has 6 heteroatoms. The van der Waals surface area contributed by atoms with Gasteiger partial charge in [-0.15, -0.1) is 0 Å². The zero-order valence-electron chi connectivity index (χ0n) is 9.51. The molecule has 0 saturated carbocycles. The molecule has 0 radical (unpaired) electrons. The summed E-state index contributed by atoms with van der Waals surface area (Å²) < 4.78 is 44.1. The van der Waals surface area contributed by atoms with E-state index >= 15 is 0 Å². The number of nitrogens with one attached hydrogen (secondary N) is 1. The monoisotopic (exact) mass is 259 g/mol. The lowest BCUT2D eigenvalue weighted by molar-refractivity contribution is 0.0223. The van der Waals surface area contributed by atoms with Crippen LogP contribution in [0.5, 0.6) is 0 Å². The predicted molar refractivity (Wildman–Crippen MR) is 57.6 cm³/mol. The van der Waals surface area contributed by atoms with Crippen molar-refractivity contribution in [2.24, 2.45) is 0 Å². The highest BCUT2D eigenvalue weighted by atomic mass is 19.2. The van der Waals surface area contributed by atoms with E-state index in [2.05, 4.69) is 5.32 Å². The first kappa shape index (κ1) is 12.9. The highest BCUT2D eigenvalue weighted by Crippen LogP contribution is 2.18. The Kier molecular flexibility index (Phi) is 3.86. The summed E-state index contributed by atoms with van der Waals surface area (Å²) >= 11 is 0. The van der Waals surface area contributed by atoms with E-state index in [1.54, 1.807) is 0 Å². The molecule has 1 aliphatic rings. The summed E-state index contributed by atoms with van der Waals surface area (Å²) in [4.78, 5) is 11.6. The number of rotatable bonds is 2. The first-order valence-corrected chi connectivity index (χ1v) is 5.65. The van der Waals surface area contributed by atoms with Gasteiger partial charge in [-0.1, -0.05) is 0 Å². The number of carbonyl (C=O) groups is 1. The molecule has 1 aliphatic heterocycles. The molecule has 0 unspecified atom stereocenters. The molecule has 0 atom stereocenters. The molecular formula is C12H12F3NO2. The molecule has 0 spiro atoms. The molecule has 1 saturated heterocycles. The van der Waals surface area contributed by atoms with E-state index in [0.29, 0.717) is 32.0 Å². The van der Waals surface area contributed by atoms with Gasteiger partial charge < -0.3 is 10.1 Å². The van der Waals surface area contributed by atoms with Crippen LogP contribution in [0, 0.1) is 17.5 Å². The zero-order valence-corrected chi connectivity index (χ0v) is 9.51. The minimum absolute atomic E-state index is 0.314. The maximum Gasteiger partial charge on any atom is 0.341 e. The van der Waals surface area contributed by atoms with Gasteiger partial charge in [0.25, 0.3) is 0 Å². The minimum atomic E-state index is -1.66. The van der Waals surface area contributed by atoms with Crippen molar-refractivity contribution in [2.75, 3.05) is 13.1 Å². The van der Waals surface area contributed by atoms with Crippen LogP contribution in [0.1, 0.15) is 23.2 Å². The summed E-state index contributed by atoms with van der Waals surface area (Å²) in [5, 5.41) is 3.08. The first-order valence-electron chi connectivity index (χ1n) is 5.65. The molecule has 3 nitrogen and oxygen atoms in total. The summed E-state index contributed by atoms with van der Waals surface area (Å²) in [6.45, 7) is 1.41. The molecule has 1 fully saturated rings. The van der Waals surface area contributed by atoms with Gasteiger partial charge in [-0.2, -0.15) is 0 Å². The summed E-state index contributed by atoms with van der Waals surface area (Å²) in [5.74, 6) is -5.45. The Morgan fingerprint density at radius 1 is 1.17 bits per heavy atom. The molecular weight excluding hydrogens is 247 g/mol. The largest absolute Gasteiger partial charge is 0.459 e. The Morgan fingerprint density at radius 3 is 2.50 bits per heavy atom. The van der Waals surface area contributed by atoms with Gasteiger partial charge in [0.15, 0.2) is 17.5 Å². The molecule has 0 aliphatic carbocycles. The van der Waals surface area contributed by atoms with Gasteiger partial charge in [-0.25, -0.2) is 18.0 Å². The topological polar surface area (TPSA) is 38.3 Å². The van der Waals surface area contributed by atoms with Crippen molar-refractivity contribution >= 4 is 5.97 Å². The Labute approximate surface area is 102 Å². The number of hydrogen-bond acceptors (Lipinski definition) is 3. The predicted octanol–water partition coefficient (Wildman–Crippen LogP) is 2.01. The highest BCUT2D eigenvalue weighted by Gasteiger charge is 2.23. The third kappa shape index (κ3) is 2.64. The number of benzene rings is 1. The van der Waals surface area contributed by atoms with Crippen molar-refractivity contribution in [1.29, 1.82) is 0 Å². The van der Waals surface area contributed by atoms with E-state index in [1.165, 1.54) is 0 Å². The third-order valence-corrected chi connectivity index (χ3v) is 2.81. The van der Waals surface area contributed by atoms with Crippen LogP contribution in [0.15, 0.2) is 12.1 Å². The lowest BCUT2D eigenvalue weighted by atomic mass is 10.1. The maximum atomic E-state index is 13.3. The van der Waals surface area contributed by atoms with E-state index in [0.717, 1.165) is 6.07 Å². The van der Waals surface area contributed by atoms with E-state index in [-0.39, 0.29) is 6.10 Å². The summed E-state index contributed by atoms with van der Waals surface area (Å²) in [5.41, 5.74) is -0.576. The zero-order chi connectivity index (χ0) is 13.1. The standard InChI is InChI=1S/C12H12F3NO2/c13-9-2-1-8(10(14)11(9)15)12(17)18-7-3-5-16-6-4-7/h1-2,7,16H,3-6H2. The van der Waals surface area contributed by atoms with Crippen LogP contribution in [0.2, 0.25) is 0 Å². The molecule has 2 rings (SSSR count). The van der Waals surface area contributed by atoms with Crippen LogP contribution >= 0.6 is 0 Å². The van der Waals surface area contributed by atoms with Gasteiger partial charge in [0.2, 0.25) is 0 Å². The molecule has 1 N–H and O–H groups in total. The van der Waals surface area contributed by atoms with Gasteiger partial charge in [-0.3, -0.25) is 0 Å². The Morgan fingerprint density at radius 2 is 1.83 bits per heavy atom. The smallest absolute Gasteiger partial charge is 0.341 e. The molecule has 1 aromatic carbocycles. The minimum Gasteiger partial charge on any atom is -0.459 e. The molecule has 18 heavy (non-hydrogen) atoms. The van der Waals surface area contributed by atoms with Crippen molar-refractivity contribution in [3.8, 4) is 0 Å². The molecule has 0 aromatic heterocycles. The van der Waals surface area contributed by atoms with Gasteiger partial charge in [0.1, 0.15) is 6.10 Å². The third-order valence-electron chi connectivity index (χ3n) is 2.81. The lowest BCUT2D eigenvalue weighted by Crippen LogP contribution is -2.34. The second-order valence-corrected chi connectivity index (χ2v) is 4.08. The van der Waals surface area contributed by atoms with Gasteiger partial charge >= 0.3 is 5.97 Å². The number of carbonyl (C=O) groups excluding carboxylic acids is 1. The van der Waals surface area contributed by atoms with Crippen molar-refractivity contribution in [3.63, 3.8) is 0 Å². The number of esters is 1. The molecule has 0 amide bonds. The molecule has 98 valence electrons. The summed E-state index contributed by atoms with van der Waals surface area (Å²) in [6.07, 6.45) is 0.930. The second-order valence-electron chi connectivity index (χ2n) is 4.08. The van der Waals surface area contributed by atoms with Crippen molar-refractivity contribution < 1.29 is 22.7 Å². The Balaban J connectivity index is 2.11. The fourth-order valence-corrected chi connectivity index (χ4v) is 1.81. The van der Waals surface area contributed by atoms with Crippen LogP contribution in [0.3, 0.4) is 0 Å². The van der Waals surface area contributed by atoms with Crippen LogP contribution in [0.4, 0.5) is 13.2 Å². The fourth-order valence-electron chi connectivity index (χ4n) is 1.81. The maximum absolute atomic E-state index is 13.3. The molecule has 0 bridgehead atoms. The quantitative estimate of drug-likeness (QED) is 0.652. The van der Waals surface area contributed by atoms with Gasteiger partial charge in [0, 0.05) is 0 Å². The lowest BCUT2D eigenvalue weighted by Gasteiger charge is -2.22. The van der Waals surface area contributed by atoms with Crippen molar-refractivity contribution in [2.45, 2.75) is 18.9 Å². The second kappa shape index (κ2) is 5.39. The Bertz CT molecular complexity index is 459. The van der Waals surface area contributed by atoms with Crippen molar-refractivity contribution in [1.82, 2.24) is 5.32 Å². The summed E-state index contributed by atoms with van der Waals surface area (Å²) in [6, 6.07) is 1.59. The number of piperidine rings is 1. The highest BCUT2D eigenvalue weighted by molar-refractivity contribution is 5.89. The van der Waals surface area contributed by atoms with Crippen molar-refractivity contribution in [3.05, 3.63) is 35.1 Å². The average Bonchev–Trinajstić information content (AvgIpc) is 2.37. The molecule has 1 aromatic rings. The normalized spacial score (nSPS) is 16.6. The number of ether oxygens (including phenoxy) is 1. The Hall–Kier alpha value is -1.56. The van der Waals surface area contributed by atoms with Gasteiger partial charge in [-0.05, 0) is 38.1 Å². The average molecular weight is 259 g/mol. The first-order chi connectivity index (χ1) is 8.59. The van der Waals surface area contributed by atoms with E-state index in [9.17, 15) is 18.0 Å². The molecule has 1 heterocycles. The number of halogens is 3. The van der Waals surface area contributed by atoms with E-state index < -0.39 is 29.0 Å².